The first-order valence-corrected chi connectivity index (χ1v) is 7.99. The van der Waals surface area contributed by atoms with E-state index in [4.69, 9.17) is 15.2 Å². The van der Waals surface area contributed by atoms with Crippen molar-refractivity contribution >= 4 is 36.4 Å². The molecule has 1 amide bonds. The van der Waals surface area contributed by atoms with E-state index in [0.29, 0.717) is 49.8 Å². The molecule has 0 radical (unpaired) electrons. The number of benzene rings is 1. The van der Waals surface area contributed by atoms with Crippen LogP contribution < -0.4 is 15.8 Å². The van der Waals surface area contributed by atoms with Gasteiger partial charge in [-0.05, 0) is 37.1 Å². The number of nitrogens with one attached hydrogen (secondary N) is 1. The van der Waals surface area contributed by atoms with Gasteiger partial charge in [0.15, 0.2) is 0 Å². The normalized spacial score (nSPS) is 15.1. The van der Waals surface area contributed by atoms with E-state index in [2.05, 4.69) is 10.3 Å². The van der Waals surface area contributed by atoms with Gasteiger partial charge in [-0.15, -0.1) is 24.8 Å². The molecule has 0 bridgehead atoms. The molecule has 3 N–H and O–H groups in total. The lowest BCUT2D eigenvalue weighted by atomic mass is 9.79. The number of anilines is 1. The Labute approximate surface area is 165 Å². The second-order valence-corrected chi connectivity index (χ2v) is 5.86. The van der Waals surface area contributed by atoms with E-state index in [1.54, 1.807) is 30.6 Å². The van der Waals surface area contributed by atoms with Crippen molar-refractivity contribution in [1.29, 1.82) is 0 Å². The molecule has 0 atom stereocenters. The molecule has 26 heavy (non-hydrogen) atoms. The molecule has 1 aliphatic rings. The Morgan fingerprint density at radius 3 is 2.50 bits per heavy atom. The largest absolute Gasteiger partial charge is 0.457 e. The summed E-state index contributed by atoms with van der Waals surface area (Å²) in [7, 11) is 0. The molecule has 1 aliphatic heterocycles. The quantitative estimate of drug-likeness (QED) is 0.803. The topological polar surface area (TPSA) is 86.5 Å². The van der Waals surface area contributed by atoms with Crippen molar-refractivity contribution in [1.82, 2.24) is 4.98 Å². The van der Waals surface area contributed by atoms with E-state index in [1.807, 2.05) is 18.2 Å². The molecule has 2 heterocycles. The van der Waals surface area contributed by atoms with Crippen LogP contribution >= 0.6 is 24.8 Å². The number of halogens is 2. The highest BCUT2D eigenvalue weighted by molar-refractivity contribution is 5.95. The van der Waals surface area contributed by atoms with E-state index < -0.39 is 5.41 Å². The summed E-state index contributed by atoms with van der Waals surface area (Å²) in [6.45, 7) is 1.45. The molecule has 1 aromatic heterocycles. The van der Waals surface area contributed by atoms with Gasteiger partial charge < -0.3 is 20.5 Å². The van der Waals surface area contributed by atoms with Gasteiger partial charge in [0.1, 0.15) is 11.5 Å². The van der Waals surface area contributed by atoms with Gasteiger partial charge >= 0.3 is 0 Å². The van der Waals surface area contributed by atoms with Gasteiger partial charge in [-0.25, -0.2) is 0 Å². The summed E-state index contributed by atoms with van der Waals surface area (Å²) in [6.07, 6.45) is 4.61. The molecule has 8 heteroatoms. The van der Waals surface area contributed by atoms with Gasteiger partial charge in [0, 0.05) is 43.9 Å². The Bertz CT molecular complexity index is 695. The zero-order chi connectivity index (χ0) is 16.8. The number of carbonyl (C=O) groups excluding carboxylic acids is 1. The van der Waals surface area contributed by atoms with Crippen molar-refractivity contribution in [3.8, 4) is 11.5 Å². The molecule has 2 aromatic rings. The van der Waals surface area contributed by atoms with Crippen LogP contribution in [0.4, 0.5) is 5.69 Å². The van der Waals surface area contributed by atoms with Gasteiger partial charge in [0.25, 0.3) is 0 Å². The molecule has 3 rings (SSSR count). The molecule has 0 saturated carbocycles. The maximum absolute atomic E-state index is 12.7. The molecular formula is C18H23Cl2N3O3. The van der Waals surface area contributed by atoms with Crippen LogP contribution in [0.25, 0.3) is 0 Å². The monoisotopic (exact) mass is 399 g/mol. The Hall–Kier alpha value is -1.86. The van der Waals surface area contributed by atoms with Crippen LogP contribution in [0.3, 0.4) is 0 Å². The van der Waals surface area contributed by atoms with Crippen molar-refractivity contribution in [2.75, 3.05) is 25.1 Å². The van der Waals surface area contributed by atoms with Crippen LogP contribution in [0.15, 0.2) is 48.8 Å². The van der Waals surface area contributed by atoms with E-state index in [1.165, 1.54) is 0 Å². The lowest BCUT2D eigenvalue weighted by Crippen LogP contribution is -2.46. The second-order valence-electron chi connectivity index (χ2n) is 5.86. The summed E-state index contributed by atoms with van der Waals surface area (Å²) >= 11 is 0. The summed E-state index contributed by atoms with van der Waals surface area (Å²) in [5, 5.41) is 2.96. The van der Waals surface area contributed by atoms with Crippen molar-refractivity contribution in [3.63, 3.8) is 0 Å². The highest BCUT2D eigenvalue weighted by Crippen LogP contribution is 2.31. The maximum Gasteiger partial charge on any atom is 0.232 e. The van der Waals surface area contributed by atoms with E-state index in [0.717, 1.165) is 0 Å². The van der Waals surface area contributed by atoms with E-state index in [-0.39, 0.29) is 30.7 Å². The molecule has 0 aliphatic carbocycles. The molecular weight excluding hydrogens is 377 g/mol. The standard InChI is InChI=1S/C18H21N3O3.2ClH/c19-13-18(6-10-23-11-7-18)17(22)21-14-2-1-3-16(12-14)24-15-4-8-20-9-5-15;;/h1-5,8-9,12H,6-7,10-11,13,19H2,(H,21,22);2*1H. The molecule has 6 nitrogen and oxygen atoms in total. The van der Waals surface area contributed by atoms with Gasteiger partial charge in [-0.2, -0.15) is 0 Å². The number of nitrogens with zero attached hydrogens (tertiary/aromatic N) is 1. The van der Waals surface area contributed by atoms with Gasteiger partial charge in [0.2, 0.25) is 5.91 Å². The fraction of sp³-hybridized carbons (Fsp3) is 0.333. The number of carbonyl (C=O) groups is 1. The smallest absolute Gasteiger partial charge is 0.232 e. The number of aromatic nitrogens is 1. The fourth-order valence-corrected chi connectivity index (χ4v) is 2.73. The third kappa shape index (κ3) is 5.32. The first-order valence-electron chi connectivity index (χ1n) is 7.99. The third-order valence-corrected chi connectivity index (χ3v) is 4.30. The minimum Gasteiger partial charge on any atom is -0.457 e. The predicted octanol–water partition coefficient (Wildman–Crippen LogP) is 3.41. The summed E-state index contributed by atoms with van der Waals surface area (Å²) in [6, 6.07) is 10.9. The molecule has 1 fully saturated rings. The lowest BCUT2D eigenvalue weighted by molar-refractivity contribution is -0.130. The first kappa shape index (κ1) is 22.2. The average molecular weight is 400 g/mol. The summed E-state index contributed by atoms with van der Waals surface area (Å²) in [4.78, 5) is 16.6. The van der Waals surface area contributed by atoms with Gasteiger partial charge in [-0.3, -0.25) is 9.78 Å². The SMILES string of the molecule is Cl.Cl.NCC1(C(=O)Nc2cccc(Oc3ccncc3)c2)CCOCC1. The van der Waals surface area contributed by atoms with Crippen molar-refractivity contribution < 1.29 is 14.3 Å². The molecule has 0 spiro atoms. The predicted molar refractivity (Wildman–Crippen MR) is 105 cm³/mol. The molecule has 0 unspecified atom stereocenters. The zero-order valence-electron chi connectivity index (χ0n) is 14.2. The first-order chi connectivity index (χ1) is 11.7. The van der Waals surface area contributed by atoms with E-state index >= 15 is 0 Å². The third-order valence-electron chi connectivity index (χ3n) is 4.30. The summed E-state index contributed by atoms with van der Waals surface area (Å²) in [5.74, 6) is 1.28. The van der Waals surface area contributed by atoms with Gasteiger partial charge in [-0.1, -0.05) is 6.07 Å². The van der Waals surface area contributed by atoms with Crippen LogP contribution in [0.1, 0.15) is 12.8 Å². The van der Waals surface area contributed by atoms with Crippen LogP contribution in [0, 0.1) is 5.41 Å². The van der Waals surface area contributed by atoms with Crippen LogP contribution in [-0.2, 0) is 9.53 Å². The molecule has 1 aromatic carbocycles. The minimum absolute atomic E-state index is 0. The number of amides is 1. The van der Waals surface area contributed by atoms with Crippen molar-refractivity contribution in [2.45, 2.75) is 12.8 Å². The lowest BCUT2D eigenvalue weighted by Gasteiger charge is -2.34. The zero-order valence-corrected chi connectivity index (χ0v) is 15.9. The number of rotatable bonds is 5. The van der Waals surface area contributed by atoms with Crippen molar-refractivity contribution in [3.05, 3.63) is 48.8 Å². The van der Waals surface area contributed by atoms with Crippen LogP contribution in [0.5, 0.6) is 11.5 Å². The number of ether oxygens (including phenoxy) is 2. The minimum atomic E-state index is -0.555. The van der Waals surface area contributed by atoms with E-state index in [9.17, 15) is 4.79 Å². The number of hydrogen-bond acceptors (Lipinski definition) is 5. The highest BCUT2D eigenvalue weighted by Gasteiger charge is 2.38. The van der Waals surface area contributed by atoms with Gasteiger partial charge in [0.05, 0.1) is 5.41 Å². The van der Waals surface area contributed by atoms with Crippen molar-refractivity contribution in [2.24, 2.45) is 11.1 Å². The maximum atomic E-state index is 12.7. The average Bonchev–Trinajstić information content (AvgIpc) is 2.63. The van der Waals surface area contributed by atoms with Crippen LogP contribution in [-0.4, -0.2) is 30.6 Å². The summed E-state index contributed by atoms with van der Waals surface area (Å²) in [5.41, 5.74) is 6.01. The summed E-state index contributed by atoms with van der Waals surface area (Å²) < 4.78 is 11.1. The molecule has 1 saturated heterocycles. The second kappa shape index (κ2) is 10.3. The fourth-order valence-electron chi connectivity index (χ4n) is 2.73. The number of nitrogens with two attached hydrogens (primary N) is 1. The number of pyridine rings is 1. The number of hydrogen-bond donors (Lipinski definition) is 2. The Balaban J connectivity index is 0.00000169. The Morgan fingerprint density at radius 2 is 1.85 bits per heavy atom. The van der Waals surface area contributed by atoms with Crippen LogP contribution in [0.2, 0.25) is 0 Å². The molecule has 142 valence electrons. The Kier molecular flexibility index (Phi) is 8.81. The highest BCUT2D eigenvalue weighted by atomic mass is 35.5. The Morgan fingerprint density at radius 1 is 1.15 bits per heavy atom.